The summed E-state index contributed by atoms with van der Waals surface area (Å²) in [5, 5.41) is 0. The van der Waals surface area contributed by atoms with Crippen LogP contribution in [0.2, 0.25) is 0 Å². The molecule has 0 bridgehead atoms. The molecule has 0 saturated carbocycles. The maximum Gasteiger partial charge on any atom is 0.276 e. The molecule has 7 nitrogen and oxygen atoms in total. The van der Waals surface area contributed by atoms with Gasteiger partial charge in [-0.25, -0.2) is 0 Å². The first-order chi connectivity index (χ1) is 13.4. The van der Waals surface area contributed by atoms with Gasteiger partial charge < -0.3 is 14.2 Å². The van der Waals surface area contributed by atoms with Crippen molar-refractivity contribution in [2.75, 3.05) is 20.8 Å². The van der Waals surface area contributed by atoms with Crippen LogP contribution in [0.25, 0.3) is 6.08 Å². The second-order valence-corrected chi connectivity index (χ2v) is 6.10. The van der Waals surface area contributed by atoms with Gasteiger partial charge in [0.1, 0.15) is 5.75 Å². The fraction of sp³-hybridized carbons (Fsp3) is 0.238. The predicted octanol–water partition coefficient (Wildman–Crippen LogP) is 2.56. The highest BCUT2D eigenvalue weighted by Crippen LogP contribution is 2.27. The zero-order chi connectivity index (χ0) is 20.5. The molecule has 0 aliphatic heterocycles. The molecule has 0 aromatic heterocycles. The van der Waals surface area contributed by atoms with Crippen molar-refractivity contribution < 1.29 is 23.8 Å². The van der Waals surface area contributed by atoms with Crippen LogP contribution in [0.3, 0.4) is 0 Å². The highest BCUT2D eigenvalue weighted by molar-refractivity contribution is 5.93. The summed E-state index contributed by atoms with van der Waals surface area (Å²) >= 11 is 0. The molecule has 2 rings (SSSR count). The minimum Gasteiger partial charge on any atom is -0.493 e. The maximum absolute atomic E-state index is 11.9. The van der Waals surface area contributed by atoms with Crippen molar-refractivity contribution in [3.8, 4) is 17.2 Å². The fourth-order valence-electron chi connectivity index (χ4n) is 2.50. The SMILES string of the molecule is COc1ccc(C=CC(=O)NNC(=O)COc2cc(C)cc(C)c2)cc1OC. The predicted molar refractivity (Wildman–Crippen MR) is 106 cm³/mol. The zero-order valence-electron chi connectivity index (χ0n) is 16.4. The standard InChI is InChI=1S/C21H24N2O5/c1-14-9-15(2)11-17(10-14)28-13-21(25)23-22-20(24)8-6-16-5-7-18(26-3)19(12-16)27-4/h5-12H,13H2,1-4H3,(H,22,24)(H,23,25). The van der Waals surface area contributed by atoms with E-state index in [-0.39, 0.29) is 6.61 Å². The van der Waals surface area contributed by atoms with E-state index in [1.54, 1.807) is 31.4 Å². The third-order valence-corrected chi connectivity index (χ3v) is 3.73. The third kappa shape index (κ3) is 6.35. The molecular formula is C21H24N2O5. The van der Waals surface area contributed by atoms with E-state index in [4.69, 9.17) is 14.2 Å². The van der Waals surface area contributed by atoms with Crippen LogP contribution in [0.4, 0.5) is 0 Å². The van der Waals surface area contributed by atoms with Crippen LogP contribution in [-0.4, -0.2) is 32.6 Å². The van der Waals surface area contributed by atoms with Crippen LogP contribution in [0.1, 0.15) is 16.7 Å². The second-order valence-electron chi connectivity index (χ2n) is 6.10. The van der Waals surface area contributed by atoms with Crippen molar-refractivity contribution in [3.05, 3.63) is 59.2 Å². The lowest BCUT2D eigenvalue weighted by molar-refractivity contribution is -0.128. The van der Waals surface area contributed by atoms with Gasteiger partial charge in [0.2, 0.25) is 0 Å². The van der Waals surface area contributed by atoms with Crippen molar-refractivity contribution in [1.82, 2.24) is 10.9 Å². The minimum absolute atomic E-state index is 0.206. The molecule has 2 N–H and O–H groups in total. The lowest BCUT2D eigenvalue weighted by Crippen LogP contribution is -2.43. The van der Waals surface area contributed by atoms with Crippen LogP contribution in [-0.2, 0) is 9.59 Å². The van der Waals surface area contributed by atoms with Gasteiger partial charge in [-0.05, 0) is 60.9 Å². The molecule has 0 heterocycles. The molecule has 0 radical (unpaired) electrons. The molecule has 28 heavy (non-hydrogen) atoms. The molecule has 0 fully saturated rings. The van der Waals surface area contributed by atoms with E-state index in [0.717, 1.165) is 16.7 Å². The number of benzene rings is 2. The monoisotopic (exact) mass is 384 g/mol. The van der Waals surface area contributed by atoms with Crippen LogP contribution in [0.15, 0.2) is 42.5 Å². The first kappa shape index (κ1) is 20.8. The lowest BCUT2D eigenvalue weighted by Gasteiger charge is -2.09. The summed E-state index contributed by atoms with van der Waals surface area (Å²) in [6.45, 7) is 3.69. The molecule has 0 spiro atoms. The largest absolute Gasteiger partial charge is 0.493 e. The summed E-state index contributed by atoms with van der Waals surface area (Å²) in [4.78, 5) is 23.7. The van der Waals surface area contributed by atoms with E-state index >= 15 is 0 Å². The summed E-state index contributed by atoms with van der Waals surface area (Å²) < 4.78 is 15.8. The number of hydrogen-bond acceptors (Lipinski definition) is 5. The van der Waals surface area contributed by atoms with Gasteiger partial charge in [0, 0.05) is 6.08 Å². The number of nitrogens with one attached hydrogen (secondary N) is 2. The van der Waals surface area contributed by atoms with Crippen molar-refractivity contribution in [2.24, 2.45) is 0 Å². The van der Waals surface area contributed by atoms with E-state index in [1.165, 1.54) is 13.2 Å². The Morgan fingerprint density at radius 3 is 2.25 bits per heavy atom. The highest BCUT2D eigenvalue weighted by Gasteiger charge is 2.06. The van der Waals surface area contributed by atoms with Crippen LogP contribution < -0.4 is 25.1 Å². The number of methoxy groups -OCH3 is 2. The number of aryl methyl sites for hydroxylation is 2. The van der Waals surface area contributed by atoms with E-state index < -0.39 is 11.8 Å². The molecule has 0 unspecified atom stereocenters. The minimum atomic E-state index is -0.477. The van der Waals surface area contributed by atoms with Gasteiger partial charge in [-0.3, -0.25) is 20.4 Å². The van der Waals surface area contributed by atoms with Crippen molar-refractivity contribution in [3.63, 3.8) is 0 Å². The van der Waals surface area contributed by atoms with E-state index in [2.05, 4.69) is 10.9 Å². The number of ether oxygens (including phenoxy) is 3. The fourth-order valence-corrected chi connectivity index (χ4v) is 2.50. The van der Waals surface area contributed by atoms with Crippen LogP contribution >= 0.6 is 0 Å². The average molecular weight is 384 g/mol. The molecule has 0 aliphatic carbocycles. The van der Waals surface area contributed by atoms with Gasteiger partial charge in [0.05, 0.1) is 14.2 Å². The number of hydrogen-bond donors (Lipinski definition) is 2. The Morgan fingerprint density at radius 2 is 1.61 bits per heavy atom. The van der Waals surface area contributed by atoms with Gasteiger partial charge in [0.15, 0.2) is 18.1 Å². The number of amides is 2. The Labute approximate surface area is 164 Å². The number of rotatable bonds is 7. The molecule has 2 amide bonds. The smallest absolute Gasteiger partial charge is 0.276 e. The van der Waals surface area contributed by atoms with E-state index in [1.807, 2.05) is 32.0 Å². The molecule has 0 aliphatic rings. The molecule has 2 aromatic rings. The van der Waals surface area contributed by atoms with Crippen LogP contribution in [0, 0.1) is 13.8 Å². The van der Waals surface area contributed by atoms with Gasteiger partial charge in [-0.2, -0.15) is 0 Å². The Kier molecular flexibility index (Phi) is 7.45. The molecule has 7 heteroatoms. The first-order valence-electron chi connectivity index (χ1n) is 8.61. The summed E-state index contributed by atoms with van der Waals surface area (Å²) in [6, 6.07) is 10.9. The van der Waals surface area contributed by atoms with Crippen molar-refractivity contribution in [2.45, 2.75) is 13.8 Å². The number of carbonyl (C=O) groups excluding carboxylic acids is 2. The molecule has 0 saturated heterocycles. The topological polar surface area (TPSA) is 85.9 Å². The third-order valence-electron chi connectivity index (χ3n) is 3.73. The zero-order valence-corrected chi connectivity index (χ0v) is 16.4. The molecular weight excluding hydrogens is 360 g/mol. The van der Waals surface area contributed by atoms with Crippen molar-refractivity contribution >= 4 is 17.9 Å². The van der Waals surface area contributed by atoms with Crippen LogP contribution in [0.5, 0.6) is 17.2 Å². The normalized spacial score (nSPS) is 10.4. The van der Waals surface area contributed by atoms with Gasteiger partial charge in [0.25, 0.3) is 11.8 Å². The molecule has 148 valence electrons. The summed E-state index contributed by atoms with van der Waals surface area (Å²) in [7, 11) is 3.08. The van der Waals surface area contributed by atoms with Gasteiger partial charge in [-0.15, -0.1) is 0 Å². The Morgan fingerprint density at radius 1 is 0.929 bits per heavy atom. The second kappa shape index (κ2) is 10.0. The van der Waals surface area contributed by atoms with Gasteiger partial charge >= 0.3 is 0 Å². The lowest BCUT2D eigenvalue weighted by atomic mass is 10.1. The first-order valence-corrected chi connectivity index (χ1v) is 8.61. The Bertz CT molecular complexity index is 857. The summed E-state index contributed by atoms with van der Waals surface area (Å²) in [5.41, 5.74) is 7.44. The highest BCUT2D eigenvalue weighted by atomic mass is 16.5. The van der Waals surface area contributed by atoms with Gasteiger partial charge in [-0.1, -0.05) is 12.1 Å². The van der Waals surface area contributed by atoms with Crippen molar-refractivity contribution in [1.29, 1.82) is 0 Å². The summed E-state index contributed by atoms with van der Waals surface area (Å²) in [5.74, 6) is 0.816. The quantitative estimate of drug-likeness (QED) is 0.566. The van der Waals surface area contributed by atoms with E-state index in [0.29, 0.717) is 17.2 Å². The average Bonchev–Trinajstić information content (AvgIpc) is 2.68. The van der Waals surface area contributed by atoms with E-state index in [9.17, 15) is 9.59 Å². The molecule has 0 atom stereocenters. The number of carbonyl (C=O) groups is 2. The maximum atomic E-state index is 11.9. The Balaban J connectivity index is 1.81. The number of hydrazine groups is 1. The summed E-state index contributed by atoms with van der Waals surface area (Å²) in [6.07, 6.45) is 2.89. The molecule has 2 aromatic carbocycles. The Hall–Kier alpha value is -3.48.